The predicted molar refractivity (Wildman–Crippen MR) is 189 cm³/mol. The van der Waals surface area contributed by atoms with Gasteiger partial charge in [-0.2, -0.15) is 0 Å². The number of nitrogens with one attached hydrogen (secondary N) is 2. The number of fused-ring (bicyclic) bond motifs is 2. The number of amides is 2. The maximum absolute atomic E-state index is 13.6. The molecule has 0 spiro atoms. The van der Waals surface area contributed by atoms with Gasteiger partial charge in [-0.1, -0.05) is 35.3 Å². The van der Waals surface area contributed by atoms with Gasteiger partial charge < -0.3 is 30.2 Å². The lowest BCUT2D eigenvalue weighted by atomic mass is 10.1. The van der Waals surface area contributed by atoms with Gasteiger partial charge in [-0.15, -0.1) is 0 Å². The molecule has 0 unspecified atom stereocenters. The van der Waals surface area contributed by atoms with E-state index in [4.69, 9.17) is 23.2 Å². The Morgan fingerprint density at radius 3 is 1.35 bits per heavy atom. The van der Waals surface area contributed by atoms with Gasteiger partial charge in [0.05, 0.1) is 31.0 Å². The number of unbranched alkanes of at least 4 members (excludes halogenated alkanes) is 1. The number of aromatic hydroxyl groups is 4. The third kappa shape index (κ3) is 7.49. The minimum Gasteiger partial charge on any atom is -0.504 e. The summed E-state index contributed by atoms with van der Waals surface area (Å²) in [5.74, 6) is -6.19. The molecule has 2 amide bonds. The zero-order chi connectivity index (χ0) is 39.3. The van der Waals surface area contributed by atoms with Crippen LogP contribution in [0, 0.1) is 11.6 Å². The topological polar surface area (TPSA) is 214 Å². The van der Waals surface area contributed by atoms with Crippen LogP contribution < -0.4 is 9.44 Å². The van der Waals surface area contributed by atoms with Crippen LogP contribution in [0.15, 0.2) is 58.3 Å². The summed E-state index contributed by atoms with van der Waals surface area (Å²) in [5.41, 5.74) is -0.110. The maximum Gasteiger partial charge on any atom is 0.258 e. The number of hydrogen-bond donors (Lipinski definition) is 6. The van der Waals surface area contributed by atoms with Crippen molar-refractivity contribution in [3.8, 4) is 23.0 Å². The van der Waals surface area contributed by atoms with Crippen LogP contribution >= 0.6 is 23.2 Å². The summed E-state index contributed by atoms with van der Waals surface area (Å²) in [5, 5.41) is 41.1. The minimum atomic E-state index is -4.39. The van der Waals surface area contributed by atoms with Gasteiger partial charge in [-0.25, -0.2) is 35.1 Å². The fourth-order valence-electron chi connectivity index (χ4n) is 6.23. The Kier molecular flexibility index (Phi) is 10.7. The minimum absolute atomic E-state index is 0.0769. The summed E-state index contributed by atoms with van der Waals surface area (Å²) in [6, 6.07) is 9.20. The molecule has 2 aliphatic rings. The zero-order valence-corrected chi connectivity index (χ0v) is 30.9. The molecule has 6 N–H and O–H groups in total. The lowest BCUT2D eigenvalue weighted by molar-refractivity contribution is 0.0756. The third-order valence-corrected chi connectivity index (χ3v) is 12.5. The smallest absolute Gasteiger partial charge is 0.258 e. The van der Waals surface area contributed by atoms with Crippen molar-refractivity contribution < 1.29 is 55.6 Å². The quantitative estimate of drug-likeness (QED) is 0.0824. The molecule has 4 aromatic rings. The van der Waals surface area contributed by atoms with Crippen molar-refractivity contribution >= 4 is 55.1 Å². The van der Waals surface area contributed by atoms with Crippen molar-refractivity contribution in [2.45, 2.75) is 48.8 Å². The van der Waals surface area contributed by atoms with Gasteiger partial charge >= 0.3 is 0 Å². The average Bonchev–Trinajstić information content (AvgIpc) is 3.61. The van der Waals surface area contributed by atoms with Crippen molar-refractivity contribution in [2.75, 3.05) is 13.1 Å². The molecule has 54 heavy (non-hydrogen) atoms. The van der Waals surface area contributed by atoms with Crippen LogP contribution in [0.1, 0.15) is 55.8 Å². The van der Waals surface area contributed by atoms with E-state index in [0.717, 1.165) is 24.3 Å². The Bertz CT molecular complexity index is 2280. The van der Waals surface area contributed by atoms with E-state index in [1.54, 1.807) is 0 Å². The summed E-state index contributed by atoms with van der Waals surface area (Å²) < 4.78 is 85.3. The van der Waals surface area contributed by atoms with Crippen LogP contribution in [-0.4, -0.2) is 72.0 Å². The van der Waals surface area contributed by atoms with E-state index in [1.165, 1.54) is 34.1 Å². The van der Waals surface area contributed by atoms with Gasteiger partial charge in [0.15, 0.2) is 23.0 Å². The number of sulfonamides is 2. The van der Waals surface area contributed by atoms with Crippen molar-refractivity contribution in [3.05, 3.63) is 104 Å². The molecule has 20 heteroatoms. The van der Waals surface area contributed by atoms with E-state index in [0.29, 0.717) is 11.1 Å². The first-order chi connectivity index (χ1) is 25.4. The van der Waals surface area contributed by atoms with Crippen molar-refractivity contribution in [2.24, 2.45) is 0 Å². The number of rotatable bonds is 13. The molecule has 0 aliphatic carbocycles. The molecular formula is C34H30Cl2F2N4O10S2. The number of carbonyl (C=O) groups excluding carboxylic acids is 2. The van der Waals surface area contributed by atoms with Gasteiger partial charge in [0.25, 0.3) is 11.8 Å². The Morgan fingerprint density at radius 2 is 1.00 bits per heavy atom. The van der Waals surface area contributed by atoms with Gasteiger partial charge in [0, 0.05) is 62.5 Å². The summed E-state index contributed by atoms with van der Waals surface area (Å²) in [6.07, 6.45) is 0.186. The molecule has 2 heterocycles. The molecule has 0 saturated carbocycles. The standard InChI is InChI=1S/C34H30Cl2F2N4O10S2/c35-21-9-17(3-5-23(21)37)13-41-15-19-27(11-25(43)31(45)29(19)33(41)47)53(49,50)39-7-1-2-8-40-54(51,52)28-12-26(44)32(46)30-20(28)16-42(34(30)48)14-18-4-6-24(38)22(36)10-18/h3-6,9-12,39-40,43-46H,1-2,7-8,13-16H2. The monoisotopic (exact) mass is 826 g/mol. The highest BCUT2D eigenvalue weighted by molar-refractivity contribution is 7.89. The number of halogens is 4. The van der Waals surface area contributed by atoms with Gasteiger partial charge in [0.1, 0.15) is 11.6 Å². The summed E-state index contributed by atoms with van der Waals surface area (Å²) in [6.45, 7) is -1.17. The molecule has 4 aromatic carbocycles. The molecule has 0 atom stereocenters. The van der Waals surface area contributed by atoms with E-state index < -0.39 is 87.4 Å². The number of phenolic OH excluding ortho intramolecular Hbond substituents is 4. The second-order valence-corrected chi connectivity index (χ2v) is 16.8. The van der Waals surface area contributed by atoms with E-state index >= 15 is 0 Å². The van der Waals surface area contributed by atoms with Gasteiger partial charge in [-0.05, 0) is 48.2 Å². The first-order valence-corrected chi connectivity index (χ1v) is 19.7. The second-order valence-electron chi connectivity index (χ2n) is 12.5. The Hall–Kier alpha value is -4.72. The molecule has 0 saturated heterocycles. The summed E-state index contributed by atoms with van der Waals surface area (Å²) in [7, 11) is -8.78. The second kappa shape index (κ2) is 14.8. The van der Waals surface area contributed by atoms with Gasteiger partial charge in [-0.3, -0.25) is 9.59 Å². The van der Waals surface area contributed by atoms with E-state index in [1.807, 2.05) is 0 Å². The highest BCUT2D eigenvalue weighted by Crippen LogP contribution is 2.43. The number of benzene rings is 4. The highest BCUT2D eigenvalue weighted by atomic mass is 35.5. The molecular weight excluding hydrogens is 797 g/mol. The largest absolute Gasteiger partial charge is 0.504 e. The lowest BCUT2D eigenvalue weighted by Crippen LogP contribution is -2.28. The number of carbonyl (C=O) groups is 2. The first-order valence-electron chi connectivity index (χ1n) is 16.0. The molecule has 14 nitrogen and oxygen atoms in total. The van der Waals surface area contributed by atoms with Crippen LogP contribution in [-0.2, 0) is 46.2 Å². The SMILES string of the molecule is O=C1c2c(O)c(O)cc(S(=O)(=O)NCCCCNS(=O)(=O)c3cc(O)c(O)c4c3CN(Cc3ccc(F)c(Cl)c3)C4=O)c2CN1Cc1ccc(F)c(Cl)c1. The van der Waals surface area contributed by atoms with Crippen molar-refractivity contribution in [1.29, 1.82) is 0 Å². The number of nitrogens with zero attached hydrogens (tertiary/aromatic N) is 2. The van der Waals surface area contributed by atoms with Crippen LogP contribution in [0.4, 0.5) is 8.78 Å². The molecule has 6 rings (SSSR count). The summed E-state index contributed by atoms with van der Waals surface area (Å²) in [4.78, 5) is 27.8. The zero-order valence-electron chi connectivity index (χ0n) is 27.7. The molecule has 0 radical (unpaired) electrons. The van der Waals surface area contributed by atoms with E-state index in [2.05, 4.69) is 9.44 Å². The first kappa shape index (κ1) is 39.0. The van der Waals surface area contributed by atoms with Crippen molar-refractivity contribution in [1.82, 2.24) is 19.2 Å². The van der Waals surface area contributed by atoms with Crippen LogP contribution in [0.3, 0.4) is 0 Å². The Balaban J connectivity index is 1.08. The Morgan fingerprint density at radius 1 is 0.630 bits per heavy atom. The fourth-order valence-corrected chi connectivity index (χ4v) is 9.29. The fraction of sp³-hybridized carbons (Fsp3) is 0.235. The van der Waals surface area contributed by atoms with Gasteiger partial charge in [0.2, 0.25) is 20.0 Å². The maximum atomic E-state index is 13.6. The average molecular weight is 828 g/mol. The molecule has 2 aliphatic heterocycles. The van der Waals surface area contributed by atoms with E-state index in [9.17, 15) is 55.6 Å². The lowest BCUT2D eigenvalue weighted by Gasteiger charge is -2.16. The van der Waals surface area contributed by atoms with E-state index in [-0.39, 0.29) is 73.3 Å². The van der Waals surface area contributed by atoms with Crippen molar-refractivity contribution in [3.63, 3.8) is 0 Å². The summed E-state index contributed by atoms with van der Waals surface area (Å²) >= 11 is 11.7. The number of hydrogen-bond acceptors (Lipinski definition) is 10. The Labute approximate surface area is 317 Å². The molecule has 0 fully saturated rings. The third-order valence-electron chi connectivity index (χ3n) is 8.87. The molecule has 286 valence electrons. The predicted octanol–water partition coefficient (Wildman–Crippen LogP) is 4.44. The van der Waals surface area contributed by atoms with Crippen LogP contribution in [0.2, 0.25) is 10.0 Å². The number of phenols is 4. The van der Waals surface area contributed by atoms with Crippen LogP contribution in [0.25, 0.3) is 0 Å². The highest BCUT2D eigenvalue weighted by Gasteiger charge is 2.39. The normalized spacial score (nSPS) is 14.2. The molecule has 0 aromatic heterocycles. The van der Waals surface area contributed by atoms with Crippen LogP contribution in [0.5, 0.6) is 23.0 Å². The molecule has 0 bridgehead atoms.